The minimum absolute atomic E-state index is 0.106. The van der Waals surface area contributed by atoms with Gasteiger partial charge in [0.15, 0.2) is 0 Å². The number of methoxy groups -OCH3 is 1. The van der Waals surface area contributed by atoms with Crippen LogP contribution in [0.5, 0.6) is 0 Å². The third-order valence-electron chi connectivity index (χ3n) is 4.89. The molecule has 0 N–H and O–H groups in total. The second-order valence-corrected chi connectivity index (χ2v) is 5.99. The molecule has 1 aromatic heterocycles. The van der Waals surface area contributed by atoms with Crippen molar-refractivity contribution in [1.29, 1.82) is 0 Å². The molecule has 5 heteroatoms. The number of amides is 1. The molecule has 3 atom stereocenters. The van der Waals surface area contributed by atoms with Crippen molar-refractivity contribution in [3.05, 3.63) is 23.7 Å². The fraction of sp³-hybridized carbons (Fsp3) is 0.625. The monoisotopic (exact) mass is 291 g/mol. The largest absolute Gasteiger partial charge is 0.469 e. The highest BCUT2D eigenvalue weighted by Gasteiger charge is 2.48. The number of carbonyl (C=O) groups excluding carboxylic acids is 2. The van der Waals surface area contributed by atoms with E-state index in [-0.39, 0.29) is 17.9 Å². The van der Waals surface area contributed by atoms with Gasteiger partial charge in [-0.15, -0.1) is 0 Å². The van der Waals surface area contributed by atoms with Gasteiger partial charge in [-0.2, -0.15) is 0 Å². The van der Waals surface area contributed by atoms with E-state index < -0.39 is 6.04 Å². The third-order valence-corrected chi connectivity index (χ3v) is 4.89. The predicted octanol–water partition coefficient (Wildman–Crippen LogP) is 2.53. The topological polar surface area (TPSA) is 59.8 Å². The zero-order chi connectivity index (χ0) is 15.0. The van der Waals surface area contributed by atoms with Crippen LogP contribution in [0.1, 0.15) is 48.2 Å². The lowest BCUT2D eigenvalue weighted by Crippen LogP contribution is -2.46. The molecule has 0 bridgehead atoms. The number of furan rings is 1. The second-order valence-electron chi connectivity index (χ2n) is 5.99. The van der Waals surface area contributed by atoms with Crippen LogP contribution in [0.25, 0.3) is 0 Å². The maximum Gasteiger partial charge on any atom is 0.328 e. The Balaban J connectivity index is 1.93. The lowest BCUT2D eigenvalue weighted by molar-refractivity contribution is -0.145. The van der Waals surface area contributed by atoms with Crippen LogP contribution in [0, 0.1) is 12.8 Å². The highest BCUT2D eigenvalue weighted by atomic mass is 16.5. The fourth-order valence-electron chi connectivity index (χ4n) is 3.84. The summed E-state index contributed by atoms with van der Waals surface area (Å²) in [5.41, 5.74) is 0.551. The van der Waals surface area contributed by atoms with E-state index >= 15 is 0 Å². The molecule has 0 aromatic carbocycles. The summed E-state index contributed by atoms with van der Waals surface area (Å²) in [6.45, 7) is 1.77. The SMILES string of the molecule is COC(=O)C1CC2CCCCC2N1C(=O)c1ccoc1C. The van der Waals surface area contributed by atoms with Crippen LogP contribution in [0.4, 0.5) is 0 Å². The first-order chi connectivity index (χ1) is 10.1. The molecule has 1 saturated carbocycles. The van der Waals surface area contributed by atoms with Crippen molar-refractivity contribution in [3.8, 4) is 0 Å². The standard InChI is InChI=1S/C16H21NO4/c1-10-12(7-8-21-10)15(18)17-13-6-4-3-5-11(13)9-14(17)16(19)20-2/h7-8,11,13-14H,3-6,9H2,1-2H3. The molecule has 2 fully saturated rings. The number of aryl methyl sites for hydroxylation is 1. The summed E-state index contributed by atoms with van der Waals surface area (Å²) in [5.74, 6) is 0.604. The van der Waals surface area contributed by atoms with Gasteiger partial charge < -0.3 is 14.1 Å². The Morgan fingerprint density at radius 2 is 2.10 bits per heavy atom. The molecule has 3 unspecified atom stereocenters. The Kier molecular flexibility index (Phi) is 3.74. The van der Waals surface area contributed by atoms with Crippen LogP contribution in [-0.2, 0) is 9.53 Å². The minimum atomic E-state index is -0.454. The molecule has 0 spiro atoms. The van der Waals surface area contributed by atoms with Crippen molar-refractivity contribution in [1.82, 2.24) is 4.90 Å². The molecular weight excluding hydrogens is 270 g/mol. The van der Waals surface area contributed by atoms with Crippen LogP contribution in [0.2, 0.25) is 0 Å². The Hall–Kier alpha value is -1.78. The van der Waals surface area contributed by atoms with E-state index in [9.17, 15) is 9.59 Å². The van der Waals surface area contributed by atoms with Crippen molar-refractivity contribution < 1.29 is 18.7 Å². The number of hydrogen-bond donors (Lipinski definition) is 0. The third kappa shape index (κ3) is 2.34. The first kappa shape index (κ1) is 14.2. The Labute approximate surface area is 124 Å². The molecule has 1 aromatic rings. The number of carbonyl (C=O) groups is 2. The summed E-state index contributed by atoms with van der Waals surface area (Å²) >= 11 is 0. The summed E-state index contributed by atoms with van der Waals surface area (Å²) < 4.78 is 10.2. The molecule has 1 saturated heterocycles. The number of rotatable bonds is 2. The normalized spacial score (nSPS) is 28.3. The summed E-state index contributed by atoms with van der Waals surface area (Å²) in [7, 11) is 1.38. The Morgan fingerprint density at radius 1 is 1.33 bits per heavy atom. The number of hydrogen-bond acceptors (Lipinski definition) is 4. The van der Waals surface area contributed by atoms with Gasteiger partial charge in [-0.25, -0.2) is 4.79 Å². The van der Waals surface area contributed by atoms with Gasteiger partial charge in [-0.3, -0.25) is 4.79 Å². The summed E-state index contributed by atoms with van der Waals surface area (Å²) in [5, 5.41) is 0. The molecule has 2 aliphatic rings. The highest BCUT2D eigenvalue weighted by Crippen LogP contribution is 2.41. The van der Waals surface area contributed by atoms with Gasteiger partial charge >= 0.3 is 5.97 Å². The van der Waals surface area contributed by atoms with E-state index in [4.69, 9.17) is 9.15 Å². The average Bonchev–Trinajstić information content (AvgIpc) is 3.09. The van der Waals surface area contributed by atoms with E-state index in [1.54, 1.807) is 17.9 Å². The number of likely N-dealkylation sites (tertiary alicyclic amines) is 1. The number of esters is 1. The first-order valence-electron chi connectivity index (χ1n) is 7.58. The van der Waals surface area contributed by atoms with Crippen LogP contribution < -0.4 is 0 Å². The van der Waals surface area contributed by atoms with Gasteiger partial charge in [0, 0.05) is 6.04 Å². The number of nitrogens with zero attached hydrogens (tertiary/aromatic N) is 1. The number of fused-ring (bicyclic) bond motifs is 1. The highest BCUT2D eigenvalue weighted by molar-refractivity contribution is 5.98. The lowest BCUT2D eigenvalue weighted by Gasteiger charge is -2.33. The molecule has 2 heterocycles. The van der Waals surface area contributed by atoms with Crippen LogP contribution in [0.3, 0.4) is 0 Å². The smallest absolute Gasteiger partial charge is 0.328 e. The van der Waals surface area contributed by atoms with E-state index in [1.165, 1.54) is 19.8 Å². The van der Waals surface area contributed by atoms with Crippen molar-refractivity contribution >= 4 is 11.9 Å². The van der Waals surface area contributed by atoms with E-state index in [2.05, 4.69) is 0 Å². The van der Waals surface area contributed by atoms with Gasteiger partial charge in [0.05, 0.1) is 18.9 Å². The lowest BCUT2D eigenvalue weighted by atomic mass is 9.84. The molecule has 3 rings (SSSR count). The van der Waals surface area contributed by atoms with Crippen molar-refractivity contribution in [2.75, 3.05) is 7.11 Å². The van der Waals surface area contributed by atoms with E-state index in [1.807, 2.05) is 0 Å². The molecule has 5 nitrogen and oxygen atoms in total. The Bertz CT molecular complexity index is 550. The van der Waals surface area contributed by atoms with E-state index in [0.717, 1.165) is 25.7 Å². The van der Waals surface area contributed by atoms with Crippen molar-refractivity contribution in [2.24, 2.45) is 5.92 Å². The predicted molar refractivity (Wildman–Crippen MR) is 75.8 cm³/mol. The van der Waals surface area contributed by atoms with Gasteiger partial charge in [-0.1, -0.05) is 12.8 Å². The van der Waals surface area contributed by atoms with Gasteiger partial charge in [0.25, 0.3) is 5.91 Å². The van der Waals surface area contributed by atoms with Crippen molar-refractivity contribution in [2.45, 2.75) is 51.1 Å². The summed E-state index contributed by atoms with van der Waals surface area (Å²) in [6.07, 6.45) is 6.60. The second kappa shape index (κ2) is 5.54. The van der Waals surface area contributed by atoms with E-state index in [0.29, 0.717) is 17.2 Å². The first-order valence-corrected chi connectivity index (χ1v) is 7.58. The van der Waals surface area contributed by atoms with Crippen LogP contribution in [-0.4, -0.2) is 36.0 Å². The maximum absolute atomic E-state index is 12.9. The average molecular weight is 291 g/mol. The fourth-order valence-corrected chi connectivity index (χ4v) is 3.84. The van der Waals surface area contributed by atoms with Gasteiger partial charge in [-0.05, 0) is 38.2 Å². The summed E-state index contributed by atoms with van der Waals surface area (Å²) in [6, 6.07) is 1.39. The molecule has 21 heavy (non-hydrogen) atoms. The molecule has 114 valence electrons. The van der Waals surface area contributed by atoms with Crippen molar-refractivity contribution in [3.63, 3.8) is 0 Å². The molecule has 0 radical (unpaired) electrons. The molecule has 1 aliphatic heterocycles. The molecular formula is C16H21NO4. The molecule has 1 aliphatic carbocycles. The molecule has 1 amide bonds. The summed E-state index contributed by atoms with van der Waals surface area (Å²) in [4.78, 5) is 26.7. The van der Waals surface area contributed by atoms with Crippen LogP contribution >= 0.6 is 0 Å². The van der Waals surface area contributed by atoms with Crippen LogP contribution in [0.15, 0.2) is 16.7 Å². The maximum atomic E-state index is 12.9. The zero-order valence-corrected chi connectivity index (χ0v) is 12.5. The zero-order valence-electron chi connectivity index (χ0n) is 12.5. The van der Waals surface area contributed by atoms with Gasteiger partial charge in [0.2, 0.25) is 0 Å². The minimum Gasteiger partial charge on any atom is -0.469 e. The van der Waals surface area contributed by atoms with Gasteiger partial charge in [0.1, 0.15) is 11.8 Å². The number of ether oxygens (including phenoxy) is 1. The quantitative estimate of drug-likeness (QED) is 0.786. The Morgan fingerprint density at radius 3 is 2.76 bits per heavy atom.